The highest BCUT2D eigenvalue weighted by Gasteiger charge is 2.04. The molecule has 1 N–H and O–H groups in total. The van der Waals surface area contributed by atoms with Gasteiger partial charge < -0.3 is 0 Å². The van der Waals surface area contributed by atoms with E-state index >= 15 is 0 Å². The van der Waals surface area contributed by atoms with Gasteiger partial charge >= 0.3 is 0 Å². The van der Waals surface area contributed by atoms with Crippen molar-refractivity contribution >= 4 is 6.34 Å². The van der Waals surface area contributed by atoms with Crippen LogP contribution < -0.4 is 5.17 Å². The Morgan fingerprint density at radius 2 is 2.57 bits per heavy atom. The minimum absolute atomic E-state index is 0.458. The lowest BCUT2D eigenvalue weighted by atomic mass is 11.3. The van der Waals surface area contributed by atoms with E-state index in [2.05, 4.69) is 20.4 Å². The molecule has 1 aliphatic rings. The predicted molar refractivity (Wildman–Crippen MR) is 21.3 cm³/mol. The molecule has 1 rings (SSSR count). The van der Waals surface area contributed by atoms with Gasteiger partial charge in [0.15, 0.2) is 0 Å². The first-order chi connectivity index (χ1) is 3.43. The molecule has 1 aliphatic heterocycles. The Hall–Kier alpha value is -0.810. The van der Waals surface area contributed by atoms with Crippen molar-refractivity contribution in [3.05, 3.63) is 0 Å². The SMILES string of the molecule is CO[NH+]1C=NN=N1. The number of hydroxylamine groups is 1. The van der Waals surface area contributed by atoms with Crippen LogP contribution in [0, 0.1) is 0 Å². The highest BCUT2D eigenvalue weighted by molar-refractivity contribution is 5.42. The first-order valence-corrected chi connectivity index (χ1v) is 1.78. The van der Waals surface area contributed by atoms with Crippen LogP contribution in [0.2, 0.25) is 0 Å². The molecule has 0 amide bonds. The van der Waals surface area contributed by atoms with Crippen molar-refractivity contribution in [1.82, 2.24) is 0 Å². The first-order valence-electron chi connectivity index (χ1n) is 1.78. The number of rotatable bonds is 1. The lowest BCUT2D eigenvalue weighted by Crippen LogP contribution is -3.03. The average molecular weight is 101 g/mol. The Balaban J connectivity index is 2.44. The lowest BCUT2D eigenvalue weighted by molar-refractivity contribution is -1.01. The predicted octanol–water partition coefficient (Wildman–Crippen LogP) is -1.24. The molecule has 1 atom stereocenters. The Kier molecular flexibility index (Phi) is 1.10. The molecule has 0 aromatic rings. The van der Waals surface area contributed by atoms with Crippen molar-refractivity contribution in [2.45, 2.75) is 0 Å². The first kappa shape index (κ1) is 4.35. The molecule has 1 unspecified atom stereocenters. The molecular weight excluding hydrogens is 96.0 g/mol. The molecule has 0 spiro atoms. The van der Waals surface area contributed by atoms with Crippen molar-refractivity contribution in [2.24, 2.45) is 15.5 Å². The fourth-order valence-corrected chi connectivity index (χ4v) is 0.264. The summed E-state index contributed by atoms with van der Waals surface area (Å²) in [5.41, 5.74) is 0. The minimum Gasteiger partial charge on any atom is -0.172 e. The second kappa shape index (κ2) is 1.76. The zero-order valence-corrected chi connectivity index (χ0v) is 3.83. The lowest BCUT2D eigenvalue weighted by Gasteiger charge is -1.89. The molecular formula is C2H5N4O+. The van der Waals surface area contributed by atoms with Gasteiger partial charge in [-0.15, -0.1) is 0 Å². The summed E-state index contributed by atoms with van der Waals surface area (Å²) in [5, 5.41) is 10.6. The average Bonchev–Trinajstić information content (AvgIpc) is 2.14. The molecule has 0 bridgehead atoms. The highest BCUT2D eigenvalue weighted by Crippen LogP contribution is 1.69. The van der Waals surface area contributed by atoms with Crippen LogP contribution in [0.3, 0.4) is 0 Å². The van der Waals surface area contributed by atoms with Gasteiger partial charge in [0.05, 0.1) is 12.3 Å². The molecule has 7 heavy (non-hydrogen) atoms. The van der Waals surface area contributed by atoms with Gasteiger partial charge in [-0.25, -0.2) is 0 Å². The molecule has 38 valence electrons. The van der Waals surface area contributed by atoms with E-state index in [1.54, 1.807) is 0 Å². The summed E-state index contributed by atoms with van der Waals surface area (Å²) < 4.78 is 0. The Labute approximate surface area is 40.2 Å². The van der Waals surface area contributed by atoms with Gasteiger partial charge in [-0.3, -0.25) is 0 Å². The highest BCUT2D eigenvalue weighted by atomic mass is 16.7. The summed E-state index contributed by atoms with van der Waals surface area (Å²) in [6.07, 6.45) is 1.44. The largest absolute Gasteiger partial charge is 0.271 e. The summed E-state index contributed by atoms with van der Waals surface area (Å²) in [4.78, 5) is 4.62. The molecule has 0 fully saturated rings. The number of nitrogens with zero attached hydrogens (tertiary/aromatic N) is 3. The Bertz CT molecular complexity index is 96.3. The van der Waals surface area contributed by atoms with Crippen LogP contribution in [0.4, 0.5) is 0 Å². The molecule has 0 radical (unpaired) electrons. The van der Waals surface area contributed by atoms with Gasteiger partial charge in [0.2, 0.25) is 0 Å². The van der Waals surface area contributed by atoms with E-state index in [0.717, 1.165) is 0 Å². The van der Waals surface area contributed by atoms with E-state index < -0.39 is 0 Å². The standard InChI is InChI=1S/C2H4N4O/c1-7-6-2-3-4-5-6/h2H,1H3/p+1. The third kappa shape index (κ3) is 0.787. The van der Waals surface area contributed by atoms with Crippen LogP contribution in [0.25, 0.3) is 0 Å². The fourth-order valence-electron chi connectivity index (χ4n) is 0.264. The molecule has 0 aliphatic carbocycles. The third-order valence-electron chi connectivity index (χ3n) is 0.572. The molecule has 0 saturated heterocycles. The van der Waals surface area contributed by atoms with Crippen molar-refractivity contribution in [3.8, 4) is 0 Å². The second-order valence-electron chi connectivity index (χ2n) is 0.976. The monoisotopic (exact) mass is 101 g/mol. The van der Waals surface area contributed by atoms with Gasteiger partial charge in [0, 0.05) is 5.22 Å². The Morgan fingerprint density at radius 1 is 1.71 bits per heavy atom. The van der Waals surface area contributed by atoms with E-state index in [9.17, 15) is 0 Å². The topological polar surface area (TPSA) is 50.8 Å². The quantitative estimate of drug-likeness (QED) is 0.441. The Morgan fingerprint density at radius 3 is 2.86 bits per heavy atom. The summed E-state index contributed by atoms with van der Waals surface area (Å²) >= 11 is 0. The smallest absolute Gasteiger partial charge is 0.172 e. The van der Waals surface area contributed by atoms with E-state index in [1.807, 2.05) is 0 Å². The van der Waals surface area contributed by atoms with Crippen LogP contribution >= 0.6 is 0 Å². The van der Waals surface area contributed by atoms with Crippen LogP contribution in [0.1, 0.15) is 0 Å². The fraction of sp³-hybridized carbons (Fsp3) is 0.500. The maximum atomic E-state index is 4.62. The molecule has 0 aromatic carbocycles. The van der Waals surface area contributed by atoms with Gasteiger partial charge in [0.1, 0.15) is 0 Å². The van der Waals surface area contributed by atoms with E-state index in [0.29, 0.717) is 5.17 Å². The zero-order chi connectivity index (χ0) is 5.11. The molecule has 0 aromatic heterocycles. The molecule has 0 saturated carbocycles. The van der Waals surface area contributed by atoms with Crippen molar-refractivity contribution < 1.29 is 10.0 Å². The van der Waals surface area contributed by atoms with Crippen molar-refractivity contribution in [2.75, 3.05) is 7.11 Å². The summed E-state index contributed by atoms with van der Waals surface area (Å²) in [5.74, 6) is 0. The van der Waals surface area contributed by atoms with Crippen LogP contribution in [-0.2, 0) is 4.84 Å². The number of quaternary nitrogens is 1. The van der Waals surface area contributed by atoms with Crippen LogP contribution in [-0.4, -0.2) is 13.4 Å². The van der Waals surface area contributed by atoms with Crippen LogP contribution in [0.15, 0.2) is 15.5 Å². The minimum atomic E-state index is 0.458. The van der Waals surface area contributed by atoms with E-state index in [1.165, 1.54) is 13.4 Å². The normalized spacial score (nSPS) is 26.7. The zero-order valence-electron chi connectivity index (χ0n) is 3.83. The maximum absolute atomic E-state index is 4.62. The van der Waals surface area contributed by atoms with Gasteiger partial charge in [-0.05, 0) is 5.17 Å². The van der Waals surface area contributed by atoms with E-state index in [4.69, 9.17) is 0 Å². The maximum Gasteiger partial charge on any atom is 0.271 e. The summed E-state index contributed by atoms with van der Waals surface area (Å²) in [7, 11) is 1.52. The number of hydrogen-bond donors (Lipinski definition) is 1. The number of hydrogen-bond acceptors (Lipinski definition) is 4. The van der Waals surface area contributed by atoms with E-state index in [-0.39, 0.29) is 0 Å². The van der Waals surface area contributed by atoms with Gasteiger partial charge in [0.25, 0.3) is 6.34 Å². The molecule has 5 heteroatoms. The van der Waals surface area contributed by atoms with Crippen LogP contribution in [0.5, 0.6) is 0 Å². The summed E-state index contributed by atoms with van der Waals surface area (Å²) in [6.45, 7) is 0. The second-order valence-corrected chi connectivity index (χ2v) is 0.976. The molecule has 1 heterocycles. The number of nitrogens with one attached hydrogen (secondary N) is 1. The summed E-state index contributed by atoms with van der Waals surface area (Å²) in [6, 6.07) is 0. The molecule has 5 nitrogen and oxygen atoms in total. The van der Waals surface area contributed by atoms with Gasteiger partial charge in [-0.1, -0.05) is 5.10 Å². The van der Waals surface area contributed by atoms with Crippen molar-refractivity contribution in [3.63, 3.8) is 0 Å². The third-order valence-corrected chi connectivity index (χ3v) is 0.572. The van der Waals surface area contributed by atoms with Gasteiger partial charge in [-0.2, -0.15) is 4.84 Å². The van der Waals surface area contributed by atoms with Crippen molar-refractivity contribution in [1.29, 1.82) is 0 Å².